The summed E-state index contributed by atoms with van der Waals surface area (Å²) < 4.78 is 2.07. The molecule has 2 N–H and O–H groups in total. The van der Waals surface area contributed by atoms with Gasteiger partial charge in [-0.3, -0.25) is 9.58 Å². The third-order valence-corrected chi connectivity index (χ3v) is 7.37. The summed E-state index contributed by atoms with van der Waals surface area (Å²) in [5.41, 5.74) is 3.23. The van der Waals surface area contributed by atoms with Crippen LogP contribution in [0.25, 0.3) is 10.6 Å². The number of para-hydroxylation sites is 1. The molecule has 2 amide bonds. The van der Waals surface area contributed by atoms with Gasteiger partial charge < -0.3 is 10.6 Å². The summed E-state index contributed by atoms with van der Waals surface area (Å²) in [6, 6.07) is 16.3. The third kappa shape index (κ3) is 3.87. The Labute approximate surface area is 180 Å². The van der Waals surface area contributed by atoms with Crippen LogP contribution in [0.2, 0.25) is 0 Å². The van der Waals surface area contributed by atoms with Crippen molar-refractivity contribution in [2.75, 3.05) is 25.0 Å². The molecule has 1 unspecified atom stereocenters. The van der Waals surface area contributed by atoms with Gasteiger partial charge in [-0.1, -0.05) is 24.3 Å². The number of aromatic nitrogens is 2. The van der Waals surface area contributed by atoms with E-state index in [1.54, 1.807) is 11.3 Å². The standard InChI is InChI=1S/C23H27N5OS/c1-27-21(13-20(26-27)22-8-5-11-30-22)19-15-28-10-9-16(19)12-18(28)14-24-23(29)25-17-6-3-2-4-7-17/h2-8,11,13,16,18-19H,9-10,12,14-15H2,1H3,(H2,24,25,29)/t16-,18+,19-/m0/s1. The number of nitrogens with zero attached hydrogens (tertiary/aromatic N) is 3. The van der Waals surface area contributed by atoms with E-state index >= 15 is 0 Å². The third-order valence-electron chi connectivity index (χ3n) is 6.48. The molecule has 2 aromatic heterocycles. The van der Waals surface area contributed by atoms with Crippen molar-refractivity contribution in [2.45, 2.75) is 24.8 Å². The SMILES string of the molecule is Cn1nc(-c2cccs2)cc1[C@H]1CN2CC[C@H]1C[C@@H]2CNC(=O)Nc1ccccc1. The second-order valence-corrected chi connectivity index (χ2v) is 9.24. The molecular weight excluding hydrogens is 394 g/mol. The fourth-order valence-corrected chi connectivity index (χ4v) is 5.65. The molecule has 0 aliphatic carbocycles. The minimum absolute atomic E-state index is 0.132. The topological polar surface area (TPSA) is 62.2 Å². The van der Waals surface area contributed by atoms with Gasteiger partial charge in [0.25, 0.3) is 0 Å². The number of urea groups is 1. The van der Waals surface area contributed by atoms with E-state index in [1.165, 1.54) is 17.0 Å². The zero-order chi connectivity index (χ0) is 20.5. The Morgan fingerprint density at radius 3 is 2.83 bits per heavy atom. The van der Waals surface area contributed by atoms with Gasteiger partial charge in [0.2, 0.25) is 0 Å². The zero-order valence-electron chi connectivity index (χ0n) is 17.1. The van der Waals surface area contributed by atoms with Gasteiger partial charge in [0, 0.05) is 43.5 Å². The molecule has 1 aromatic carbocycles. The average molecular weight is 422 g/mol. The predicted molar refractivity (Wildman–Crippen MR) is 121 cm³/mol. The molecule has 0 saturated carbocycles. The summed E-state index contributed by atoms with van der Waals surface area (Å²) in [6.07, 6.45) is 2.34. The number of carbonyl (C=O) groups is 1. The Kier molecular flexibility index (Phi) is 5.31. The van der Waals surface area contributed by atoms with E-state index in [9.17, 15) is 4.79 Å². The van der Waals surface area contributed by atoms with Crippen molar-refractivity contribution >= 4 is 23.1 Å². The monoisotopic (exact) mass is 421 g/mol. The number of anilines is 1. The number of aryl methyl sites for hydroxylation is 1. The van der Waals surface area contributed by atoms with Crippen LogP contribution in [0.3, 0.4) is 0 Å². The zero-order valence-corrected chi connectivity index (χ0v) is 17.9. The molecule has 0 radical (unpaired) electrons. The van der Waals surface area contributed by atoms with Crippen LogP contribution in [0.4, 0.5) is 10.5 Å². The second kappa shape index (κ2) is 8.24. The number of hydrogen-bond acceptors (Lipinski definition) is 4. The van der Waals surface area contributed by atoms with Gasteiger partial charge in [0.05, 0.1) is 4.88 Å². The number of rotatable bonds is 5. The number of thiophene rings is 1. The molecule has 3 fully saturated rings. The highest BCUT2D eigenvalue weighted by atomic mass is 32.1. The van der Waals surface area contributed by atoms with E-state index in [-0.39, 0.29) is 6.03 Å². The summed E-state index contributed by atoms with van der Waals surface area (Å²) in [5.74, 6) is 1.16. The summed E-state index contributed by atoms with van der Waals surface area (Å²) in [6.45, 7) is 2.85. The highest BCUT2D eigenvalue weighted by Crippen LogP contribution is 2.42. The van der Waals surface area contributed by atoms with E-state index in [2.05, 4.69) is 50.8 Å². The molecule has 0 spiro atoms. The van der Waals surface area contributed by atoms with Crippen LogP contribution < -0.4 is 10.6 Å². The average Bonchev–Trinajstić information content (AvgIpc) is 3.43. The van der Waals surface area contributed by atoms with E-state index in [1.807, 2.05) is 30.3 Å². The molecule has 3 aromatic rings. The quantitative estimate of drug-likeness (QED) is 0.651. The smallest absolute Gasteiger partial charge is 0.319 e. The van der Waals surface area contributed by atoms with Crippen molar-refractivity contribution < 1.29 is 4.79 Å². The fraction of sp³-hybridized carbons (Fsp3) is 0.391. The van der Waals surface area contributed by atoms with E-state index in [0.29, 0.717) is 24.4 Å². The molecule has 30 heavy (non-hydrogen) atoms. The van der Waals surface area contributed by atoms with Gasteiger partial charge in [-0.2, -0.15) is 5.10 Å². The fourth-order valence-electron chi connectivity index (χ4n) is 4.97. The lowest BCUT2D eigenvalue weighted by Gasteiger charge is -2.49. The van der Waals surface area contributed by atoms with Crippen molar-refractivity contribution in [2.24, 2.45) is 13.0 Å². The molecule has 6 rings (SSSR count). The molecule has 5 heterocycles. The second-order valence-electron chi connectivity index (χ2n) is 8.30. The van der Waals surface area contributed by atoms with Gasteiger partial charge >= 0.3 is 6.03 Å². The molecule has 6 nitrogen and oxygen atoms in total. The van der Waals surface area contributed by atoms with Gasteiger partial charge in [-0.05, 0) is 54.9 Å². The maximum absolute atomic E-state index is 12.3. The van der Waals surface area contributed by atoms with Gasteiger partial charge in [0.1, 0.15) is 5.69 Å². The van der Waals surface area contributed by atoms with Gasteiger partial charge in [-0.15, -0.1) is 11.3 Å². The Bertz CT molecular complexity index is 1000. The summed E-state index contributed by atoms with van der Waals surface area (Å²) >= 11 is 1.74. The first-order valence-electron chi connectivity index (χ1n) is 10.6. The number of carbonyl (C=O) groups excluding carboxylic acids is 1. The van der Waals surface area contributed by atoms with Crippen LogP contribution >= 0.6 is 11.3 Å². The van der Waals surface area contributed by atoms with Crippen molar-refractivity contribution in [3.8, 4) is 10.6 Å². The molecule has 156 valence electrons. The summed E-state index contributed by atoms with van der Waals surface area (Å²) in [4.78, 5) is 16.0. The van der Waals surface area contributed by atoms with Gasteiger partial charge in [0.15, 0.2) is 0 Å². The minimum Gasteiger partial charge on any atom is -0.336 e. The van der Waals surface area contributed by atoms with Gasteiger partial charge in [-0.25, -0.2) is 4.79 Å². The highest BCUT2D eigenvalue weighted by Gasteiger charge is 2.41. The van der Waals surface area contributed by atoms with Crippen LogP contribution in [0, 0.1) is 5.92 Å². The lowest BCUT2D eigenvalue weighted by Crippen LogP contribution is -2.56. The van der Waals surface area contributed by atoms with Crippen LogP contribution in [0.1, 0.15) is 24.5 Å². The number of amides is 2. The predicted octanol–water partition coefficient (Wildman–Crippen LogP) is 4.15. The van der Waals surface area contributed by atoms with Crippen molar-refractivity contribution in [3.63, 3.8) is 0 Å². The number of piperidine rings is 3. The van der Waals surface area contributed by atoms with Crippen LogP contribution in [0.5, 0.6) is 0 Å². The first-order valence-corrected chi connectivity index (χ1v) is 11.5. The maximum atomic E-state index is 12.3. The van der Waals surface area contributed by atoms with E-state index in [0.717, 1.165) is 30.9 Å². The Hall–Kier alpha value is -2.64. The molecule has 3 aliphatic heterocycles. The van der Waals surface area contributed by atoms with Crippen molar-refractivity contribution in [1.82, 2.24) is 20.0 Å². The van der Waals surface area contributed by atoms with Crippen molar-refractivity contribution in [1.29, 1.82) is 0 Å². The molecular formula is C23H27N5OS. The number of hydrogen-bond donors (Lipinski definition) is 2. The summed E-state index contributed by atoms with van der Waals surface area (Å²) in [5, 5.41) is 12.8. The van der Waals surface area contributed by atoms with E-state index in [4.69, 9.17) is 5.10 Å². The Balaban J connectivity index is 1.21. The molecule has 4 atom stereocenters. The van der Waals surface area contributed by atoms with Crippen LogP contribution in [-0.2, 0) is 7.05 Å². The van der Waals surface area contributed by atoms with Crippen molar-refractivity contribution in [3.05, 3.63) is 59.6 Å². The molecule has 7 heteroatoms. The van der Waals surface area contributed by atoms with E-state index < -0.39 is 0 Å². The number of benzene rings is 1. The lowest BCUT2D eigenvalue weighted by molar-refractivity contribution is 0.0296. The van der Waals surface area contributed by atoms with Crippen LogP contribution in [-0.4, -0.2) is 46.4 Å². The Morgan fingerprint density at radius 2 is 2.10 bits per heavy atom. The first kappa shape index (κ1) is 19.3. The number of fused-ring (bicyclic) bond motifs is 3. The maximum Gasteiger partial charge on any atom is 0.319 e. The number of nitrogens with one attached hydrogen (secondary N) is 2. The Morgan fingerprint density at radius 1 is 1.23 bits per heavy atom. The molecule has 3 saturated heterocycles. The highest BCUT2D eigenvalue weighted by molar-refractivity contribution is 7.13. The van der Waals surface area contributed by atoms with Crippen LogP contribution in [0.15, 0.2) is 53.9 Å². The molecule has 2 bridgehead atoms. The largest absolute Gasteiger partial charge is 0.336 e. The molecule has 3 aliphatic rings. The minimum atomic E-state index is -0.132. The first-order chi connectivity index (χ1) is 14.7. The lowest BCUT2D eigenvalue weighted by atomic mass is 9.74. The summed E-state index contributed by atoms with van der Waals surface area (Å²) in [7, 11) is 2.07. The normalized spacial score (nSPS) is 25.2.